The molecular formula is C18H40ClN. The van der Waals surface area contributed by atoms with Crippen molar-refractivity contribution in [3.05, 3.63) is 0 Å². The minimum absolute atomic E-state index is 0. The van der Waals surface area contributed by atoms with Crippen LogP contribution in [0.15, 0.2) is 0 Å². The number of halogens is 1. The fourth-order valence-corrected chi connectivity index (χ4v) is 3.31. The zero-order valence-corrected chi connectivity index (χ0v) is 15.8. The molecule has 2 unspecified atom stereocenters. The minimum Gasteiger partial charge on any atom is -1.00 e. The number of quaternary nitrogens is 1. The zero-order chi connectivity index (χ0) is 14.7. The molecule has 0 bridgehead atoms. The fraction of sp³-hybridized carbons (Fsp3) is 1.00. The SMILES string of the molecule is CCCCC(CC)C[N+](C)(C)CC(CC)CCCC.[Cl-]. The third-order valence-corrected chi connectivity index (χ3v) is 4.59. The Morgan fingerprint density at radius 3 is 1.30 bits per heavy atom. The summed E-state index contributed by atoms with van der Waals surface area (Å²) in [6.07, 6.45) is 11.1. The molecule has 0 aromatic rings. The Bertz CT molecular complexity index is 184. The Kier molecular flexibility index (Phi) is 14.6. The molecule has 0 amide bonds. The van der Waals surface area contributed by atoms with Crippen LogP contribution in [-0.4, -0.2) is 31.7 Å². The third kappa shape index (κ3) is 11.0. The van der Waals surface area contributed by atoms with E-state index in [9.17, 15) is 0 Å². The molecule has 20 heavy (non-hydrogen) atoms. The molecule has 0 N–H and O–H groups in total. The van der Waals surface area contributed by atoms with E-state index in [4.69, 9.17) is 0 Å². The van der Waals surface area contributed by atoms with Gasteiger partial charge in [0, 0.05) is 11.8 Å². The van der Waals surface area contributed by atoms with Gasteiger partial charge in [0.15, 0.2) is 0 Å². The summed E-state index contributed by atoms with van der Waals surface area (Å²) >= 11 is 0. The highest BCUT2D eigenvalue weighted by Gasteiger charge is 2.24. The molecule has 0 saturated carbocycles. The number of nitrogens with zero attached hydrogens (tertiary/aromatic N) is 1. The first-order chi connectivity index (χ1) is 8.99. The Morgan fingerprint density at radius 2 is 1.05 bits per heavy atom. The van der Waals surface area contributed by atoms with Gasteiger partial charge in [0.25, 0.3) is 0 Å². The minimum atomic E-state index is 0. The Hall–Kier alpha value is 0.250. The van der Waals surface area contributed by atoms with E-state index in [0.29, 0.717) is 0 Å². The van der Waals surface area contributed by atoms with Crippen LogP contribution >= 0.6 is 0 Å². The maximum absolute atomic E-state index is 2.45. The summed E-state index contributed by atoms with van der Waals surface area (Å²) in [5, 5.41) is 0. The Balaban J connectivity index is 0. The van der Waals surface area contributed by atoms with E-state index in [-0.39, 0.29) is 12.4 Å². The lowest BCUT2D eigenvalue weighted by Gasteiger charge is -2.36. The molecule has 0 aliphatic rings. The topological polar surface area (TPSA) is 0 Å². The monoisotopic (exact) mass is 305 g/mol. The molecule has 0 aliphatic heterocycles. The van der Waals surface area contributed by atoms with Crippen molar-refractivity contribution in [3.8, 4) is 0 Å². The van der Waals surface area contributed by atoms with Gasteiger partial charge in [-0.3, -0.25) is 0 Å². The van der Waals surface area contributed by atoms with Crippen molar-refractivity contribution in [2.45, 2.75) is 79.1 Å². The lowest BCUT2D eigenvalue weighted by molar-refractivity contribution is -0.897. The van der Waals surface area contributed by atoms with E-state index in [2.05, 4.69) is 41.8 Å². The number of rotatable bonds is 12. The first-order valence-corrected chi connectivity index (χ1v) is 8.80. The summed E-state index contributed by atoms with van der Waals surface area (Å²) in [5.41, 5.74) is 0. The smallest absolute Gasteiger partial charge is 0.0811 e. The van der Waals surface area contributed by atoms with Crippen molar-refractivity contribution in [1.82, 2.24) is 0 Å². The second-order valence-electron chi connectivity index (χ2n) is 7.13. The van der Waals surface area contributed by atoms with Gasteiger partial charge < -0.3 is 16.9 Å². The van der Waals surface area contributed by atoms with E-state index in [1.54, 1.807) is 0 Å². The van der Waals surface area contributed by atoms with Crippen LogP contribution in [0.2, 0.25) is 0 Å². The predicted octanol–water partition coefficient (Wildman–Crippen LogP) is 2.50. The molecule has 0 radical (unpaired) electrons. The van der Waals surface area contributed by atoms with Gasteiger partial charge >= 0.3 is 0 Å². The van der Waals surface area contributed by atoms with Crippen LogP contribution in [0.3, 0.4) is 0 Å². The van der Waals surface area contributed by atoms with Gasteiger partial charge in [-0.1, -0.05) is 53.4 Å². The zero-order valence-electron chi connectivity index (χ0n) is 15.1. The van der Waals surface area contributed by atoms with Crippen LogP contribution in [0.4, 0.5) is 0 Å². The normalized spacial score (nSPS) is 14.7. The first kappa shape index (κ1) is 22.5. The molecule has 2 heteroatoms. The largest absolute Gasteiger partial charge is 1.00 e. The van der Waals surface area contributed by atoms with Gasteiger partial charge in [-0.15, -0.1) is 0 Å². The summed E-state index contributed by atoms with van der Waals surface area (Å²) in [4.78, 5) is 0. The van der Waals surface area contributed by atoms with Gasteiger partial charge in [-0.2, -0.15) is 0 Å². The molecule has 1 nitrogen and oxygen atoms in total. The van der Waals surface area contributed by atoms with Crippen LogP contribution < -0.4 is 12.4 Å². The standard InChI is InChI=1S/C18H40N.ClH/c1-7-11-13-17(9-3)15-19(5,6)16-18(10-4)14-12-8-2;/h17-18H,7-16H2,1-6H3;1H/q+1;/p-1. The molecule has 0 fully saturated rings. The molecule has 0 aliphatic carbocycles. The molecule has 0 aromatic heterocycles. The van der Waals surface area contributed by atoms with E-state index in [1.165, 1.54) is 68.9 Å². The first-order valence-electron chi connectivity index (χ1n) is 8.80. The number of unbranched alkanes of at least 4 members (excludes halogenated alkanes) is 2. The van der Waals surface area contributed by atoms with Gasteiger partial charge in [-0.25, -0.2) is 0 Å². The van der Waals surface area contributed by atoms with E-state index >= 15 is 0 Å². The average molecular weight is 306 g/mol. The highest BCUT2D eigenvalue weighted by Crippen LogP contribution is 2.21. The van der Waals surface area contributed by atoms with E-state index in [1.807, 2.05) is 0 Å². The molecule has 0 rings (SSSR count). The molecule has 0 spiro atoms. The van der Waals surface area contributed by atoms with Crippen LogP contribution in [0.25, 0.3) is 0 Å². The van der Waals surface area contributed by atoms with Gasteiger partial charge in [0.2, 0.25) is 0 Å². The van der Waals surface area contributed by atoms with Gasteiger partial charge in [-0.05, 0) is 25.7 Å². The molecule has 0 saturated heterocycles. The van der Waals surface area contributed by atoms with Gasteiger partial charge in [0.05, 0.1) is 27.2 Å². The van der Waals surface area contributed by atoms with Crippen molar-refractivity contribution in [3.63, 3.8) is 0 Å². The molecule has 2 atom stereocenters. The summed E-state index contributed by atoms with van der Waals surface area (Å²) in [6, 6.07) is 0. The van der Waals surface area contributed by atoms with Crippen LogP contribution in [0, 0.1) is 11.8 Å². The van der Waals surface area contributed by atoms with E-state index < -0.39 is 0 Å². The quantitative estimate of drug-likeness (QED) is 0.486. The van der Waals surface area contributed by atoms with Crippen molar-refractivity contribution >= 4 is 0 Å². The predicted molar refractivity (Wildman–Crippen MR) is 88.5 cm³/mol. The van der Waals surface area contributed by atoms with Crippen molar-refractivity contribution < 1.29 is 16.9 Å². The van der Waals surface area contributed by atoms with Crippen LogP contribution in [0.1, 0.15) is 79.1 Å². The second-order valence-corrected chi connectivity index (χ2v) is 7.13. The van der Waals surface area contributed by atoms with Crippen molar-refractivity contribution in [2.75, 3.05) is 27.2 Å². The number of hydrogen-bond donors (Lipinski definition) is 0. The maximum Gasteiger partial charge on any atom is 0.0811 e. The Labute approximate surface area is 135 Å². The van der Waals surface area contributed by atoms with Crippen molar-refractivity contribution in [1.29, 1.82) is 0 Å². The van der Waals surface area contributed by atoms with E-state index in [0.717, 1.165) is 11.8 Å². The van der Waals surface area contributed by atoms with Crippen molar-refractivity contribution in [2.24, 2.45) is 11.8 Å². The molecular weight excluding hydrogens is 266 g/mol. The maximum atomic E-state index is 2.45. The highest BCUT2D eigenvalue weighted by atomic mass is 35.5. The second kappa shape index (κ2) is 13.0. The summed E-state index contributed by atoms with van der Waals surface area (Å²) in [5.74, 6) is 1.86. The lowest BCUT2D eigenvalue weighted by Crippen LogP contribution is -3.00. The molecule has 0 aromatic carbocycles. The summed E-state index contributed by atoms with van der Waals surface area (Å²) in [7, 11) is 4.90. The number of hydrogen-bond acceptors (Lipinski definition) is 0. The molecule has 0 heterocycles. The van der Waals surface area contributed by atoms with Crippen LogP contribution in [0.5, 0.6) is 0 Å². The Morgan fingerprint density at radius 1 is 0.700 bits per heavy atom. The summed E-state index contributed by atoms with van der Waals surface area (Å²) in [6.45, 7) is 12.1. The summed E-state index contributed by atoms with van der Waals surface area (Å²) < 4.78 is 1.23. The third-order valence-electron chi connectivity index (χ3n) is 4.59. The average Bonchev–Trinajstić information content (AvgIpc) is 2.39. The van der Waals surface area contributed by atoms with Crippen LogP contribution in [-0.2, 0) is 0 Å². The fourth-order valence-electron chi connectivity index (χ4n) is 3.31. The van der Waals surface area contributed by atoms with Gasteiger partial charge in [0.1, 0.15) is 0 Å². The lowest BCUT2D eigenvalue weighted by atomic mass is 9.95. The highest BCUT2D eigenvalue weighted by molar-refractivity contribution is 4.60. The molecule has 124 valence electrons.